The molecular formula is C17H16F3NO2S. The first kappa shape index (κ1) is 17.0. The second kappa shape index (κ2) is 6.20. The van der Waals surface area contributed by atoms with E-state index in [9.17, 15) is 18.0 Å². The third-order valence-corrected chi connectivity index (χ3v) is 5.21. The number of thioether (sulfide) groups is 1. The largest absolute Gasteiger partial charge is 0.466 e. The van der Waals surface area contributed by atoms with Gasteiger partial charge in [-0.25, -0.2) is 0 Å². The number of alkyl halides is 3. The number of hydrogen-bond acceptors (Lipinski definition) is 3. The molecule has 1 aliphatic heterocycles. The first-order valence-corrected chi connectivity index (χ1v) is 8.49. The molecule has 128 valence electrons. The molecule has 1 saturated heterocycles. The zero-order valence-electron chi connectivity index (χ0n) is 13.2. The van der Waals surface area contributed by atoms with Crippen LogP contribution in [0.1, 0.15) is 38.4 Å². The van der Waals surface area contributed by atoms with Crippen LogP contribution in [0.25, 0.3) is 0 Å². The van der Waals surface area contributed by atoms with Crippen molar-refractivity contribution in [3.63, 3.8) is 0 Å². The Kier molecular flexibility index (Phi) is 4.38. The van der Waals surface area contributed by atoms with Crippen molar-refractivity contribution in [3.8, 4) is 0 Å². The second-order valence-corrected chi connectivity index (χ2v) is 6.86. The Bertz CT molecular complexity index is 752. The van der Waals surface area contributed by atoms with E-state index in [4.69, 9.17) is 4.42 Å². The van der Waals surface area contributed by atoms with Gasteiger partial charge in [-0.2, -0.15) is 13.2 Å². The summed E-state index contributed by atoms with van der Waals surface area (Å²) < 4.78 is 43.5. The summed E-state index contributed by atoms with van der Waals surface area (Å²) in [7, 11) is 0. The highest BCUT2D eigenvalue weighted by Gasteiger charge is 2.34. The minimum absolute atomic E-state index is 0.153. The van der Waals surface area contributed by atoms with Crippen LogP contribution in [0.2, 0.25) is 0 Å². The molecule has 7 heteroatoms. The highest BCUT2D eigenvalue weighted by atomic mass is 32.2. The average molecular weight is 355 g/mol. The van der Waals surface area contributed by atoms with Crippen molar-refractivity contribution in [2.24, 2.45) is 0 Å². The number of amides is 1. The third kappa shape index (κ3) is 3.17. The molecule has 1 aliphatic rings. The minimum Gasteiger partial charge on any atom is -0.466 e. The third-order valence-electron chi connectivity index (χ3n) is 3.95. The van der Waals surface area contributed by atoms with E-state index in [-0.39, 0.29) is 11.3 Å². The van der Waals surface area contributed by atoms with E-state index >= 15 is 0 Å². The number of benzene rings is 1. The molecule has 0 bridgehead atoms. The Morgan fingerprint density at radius 3 is 2.46 bits per heavy atom. The molecule has 1 fully saturated rings. The Labute approximate surface area is 141 Å². The fourth-order valence-electron chi connectivity index (χ4n) is 2.79. The van der Waals surface area contributed by atoms with Gasteiger partial charge in [-0.15, -0.1) is 11.8 Å². The van der Waals surface area contributed by atoms with Gasteiger partial charge in [0.1, 0.15) is 16.9 Å². The maximum atomic E-state index is 12.8. The van der Waals surface area contributed by atoms with Gasteiger partial charge in [0.2, 0.25) is 0 Å². The topological polar surface area (TPSA) is 33.5 Å². The van der Waals surface area contributed by atoms with Gasteiger partial charge in [0, 0.05) is 12.3 Å². The maximum Gasteiger partial charge on any atom is 0.416 e. The van der Waals surface area contributed by atoms with E-state index < -0.39 is 11.7 Å². The highest BCUT2D eigenvalue weighted by Crippen LogP contribution is 2.40. The molecule has 3 nitrogen and oxygen atoms in total. The number of nitrogens with zero attached hydrogens (tertiary/aromatic N) is 1. The normalized spacial score (nSPS) is 18.2. The molecule has 24 heavy (non-hydrogen) atoms. The van der Waals surface area contributed by atoms with E-state index in [2.05, 4.69) is 0 Å². The summed E-state index contributed by atoms with van der Waals surface area (Å²) in [5.74, 6) is 1.81. The van der Waals surface area contributed by atoms with Crippen molar-refractivity contribution in [1.29, 1.82) is 0 Å². The highest BCUT2D eigenvalue weighted by molar-refractivity contribution is 7.99. The number of furan rings is 1. The lowest BCUT2D eigenvalue weighted by Crippen LogP contribution is -2.30. The lowest BCUT2D eigenvalue weighted by molar-refractivity contribution is -0.137. The molecule has 3 rings (SSSR count). The molecular weight excluding hydrogens is 339 g/mol. The SMILES string of the molecule is Cc1cc(C(=O)N2CCSC2c2ccc(C(F)(F)F)cc2)c(C)o1. The average Bonchev–Trinajstić information content (AvgIpc) is 3.12. The van der Waals surface area contributed by atoms with Gasteiger partial charge in [-0.3, -0.25) is 4.79 Å². The second-order valence-electron chi connectivity index (χ2n) is 5.67. The number of carbonyl (C=O) groups excluding carboxylic acids is 1. The van der Waals surface area contributed by atoms with Crippen molar-refractivity contribution >= 4 is 17.7 Å². The summed E-state index contributed by atoms with van der Waals surface area (Å²) in [6, 6.07) is 6.71. The van der Waals surface area contributed by atoms with Gasteiger partial charge in [-0.1, -0.05) is 12.1 Å². The van der Waals surface area contributed by atoms with E-state index in [0.717, 1.165) is 17.9 Å². The quantitative estimate of drug-likeness (QED) is 0.776. The molecule has 1 aromatic heterocycles. The Morgan fingerprint density at radius 1 is 1.25 bits per heavy atom. The predicted molar refractivity (Wildman–Crippen MR) is 85.9 cm³/mol. The Hall–Kier alpha value is -1.89. The van der Waals surface area contributed by atoms with Crippen molar-refractivity contribution in [1.82, 2.24) is 4.90 Å². The van der Waals surface area contributed by atoms with E-state index in [1.807, 2.05) is 0 Å². The minimum atomic E-state index is -4.36. The molecule has 0 radical (unpaired) electrons. The zero-order chi connectivity index (χ0) is 17.5. The lowest BCUT2D eigenvalue weighted by atomic mass is 10.1. The van der Waals surface area contributed by atoms with Gasteiger partial charge < -0.3 is 9.32 Å². The molecule has 1 aromatic carbocycles. The van der Waals surface area contributed by atoms with Crippen LogP contribution in [0, 0.1) is 13.8 Å². The first-order valence-electron chi connectivity index (χ1n) is 7.44. The Balaban J connectivity index is 1.85. The van der Waals surface area contributed by atoms with E-state index in [1.54, 1.807) is 36.6 Å². The van der Waals surface area contributed by atoms with Crippen molar-refractivity contribution in [3.05, 3.63) is 58.5 Å². The van der Waals surface area contributed by atoms with E-state index in [0.29, 0.717) is 29.2 Å². The number of halogens is 3. The molecule has 0 aliphatic carbocycles. The molecule has 2 aromatic rings. The number of rotatable bonds is 2. The van der Waals surface area contributed by atoms with Crippen molar-refractivity contribution in [2.75, 3.05) is 12.3 Å². The standard InChI is InChI=1S/C17H16F3NO2S/c1-10-9-14(11(2)23-10)15(22)21-7-8-24-16(21)12-3-5-13(6-4-12)17(18,19)20/h3-6,9,16H,7-8H2,1-2H3. The maximum absolute atomic E-state index is 12.8. The summed E-state index contributed by atoms with van der Waals surface area (Å²) >= 11 is 1.55. The number of hydrogen-bond donors (Lipinski definition) is 0. The van der Waals surface area contributed by atoms with Crippen LogP contribution in [-0.2, 0) is 6.18 Å². The summed E-state index contributed by atoms with van der Waals surface area (Å²) in [6.07, 6.45) is -4.36. The van der Waals surface area contributed by atoms with Crippen LogP contribution in [0.5, 0.6) is 0 Å². The van der Waals surface area contributed by atoms with Gasteiger partial charge in [-0.05, 0) is 37.6 Å². The molecule has 0 saturated carbocycles. The first-order chi connectivity index (χ1) is 11.3. The summed E-state index contributed by atoms with van der Waals surface area (Å²) in [6.45, 7) is 4.06. The van der Waals surface area contributed by atoms with Crippen LogP contribution in [0.15, 0.2) is 34.7 Å². The van der Waals surface area contributed by atoms with Crippen LogP contribution in [0.4, 0.5) is 13.2 Å². The summed E-state index contributed by atoms with van der Waals surface area (Å²) in [4.78, 5) is 14.4. The molecule has 1 amide bonds. The van der Waals surface area contributed by atoms with Gasteiger partial charge in [0.15, 0.2) is 0 Å². The van der Waals surface area contributed by atoms with Crippen molar-refractivity contribution < 1.29 is 22.4 Å². The van der Waals surface area contributed by atoms with Crippen LogP contribution < -0.4 is 0 Å². The smallest absolute Gasteiger partial charge is 0.416 e. The molecule has 1 unspecified atom stereocenters. The monoisotopic (exact) mass is 355 g/mol. The van der Waals surface area contributed by atoms with Gasteiger partial charge in [0.05, 0.1) is 11.1 Å². The van der Waals surface area contributed by atoms with Crippen LogP contribution in [-0.4, -0.2) is 23.1 Å². The van der Waals surface area contributed by atoms with E-state index in [1.165, 1.54) is 12.1 Å². The molecule has 2 heterocycles. The predicted octanol–water partition coefficient (Wildman–Crippen LogP) is 4.80. The fourth-order valence-corrected chi connectivity index (χ4v) is 4.04. The van der Waals surface area contributed by atoms with Gasteiger partial charge in [0.25, 0.3) is 5.91 Å². The van der Waals surface area contributed by atoms with Crippen molar-refractivity contribution in [2.45, 2.75) is 25.4 Å². The molecule has 0 spiro atoms. The molecule has 1 atom stereocenters. The number of aryl methyl sites for hydroxylation is 2. The summed E-state index contributed by atoms with van der Waals surface area (Å²) in [5, 5.41) is -0.283. The molecule has 0 N–H and O–H groups in total. The van der Waals surface area contributed by atoms with Gasteiger partial charge >= 0.3 is 6.18 Å². The number of carbonyl (C=O) groups is 1. The fraction of sp³-hybridized carbons (Fsp3) is 0.353. The Morgan fingerprint density at radius 2 is 1.92 bits per heavy atom. The zero-order valence-corrected chi connectivity index (χ0v) is 14.0. The summed E-state index contributed by atoms with van der Waals surface area (Å²) in [5.41, 5.74) is 0.511. The lowest BCUT2D eigenvalue weighted by Gasteiger charge is -2.24. The van der Waals surface area contributed by atoms with Crippen LogP contribution >= 0.6 is 11.8 Å². The van der Waals surface area contributed by atoms with Crippen LogP contribution in [0.3, 0.4) is 0 Å².